The molecule has 1 aliphatic heterocycles. The molecule has 21 heavy (non-hydrogen) atoms. The van der Waals surface area contributed by atoms with E-state index in [1.807, 2.05) is 11.8 Å². The number of hydrogen-bond acceptors (Lipinski definition) is 2. The molecule has 1 aromatic rings. The van der Waals surface area contributed by atoms with Gasteiger partial charge in [0.1, 0.15) is 0 Å². The predicted octanol–water partition coefficient (Wildman–Crippen LogP) is 2.87. The van der Waals surface area contributed by atoms with Crippen LogP contribution in [-0.4, -0.2) is 30.4 Å². The molecule has 118 valence electrons. The van der Waals surface area contributed by atoms with Gasteiger partial charge in [0.25, 0.3) is 0 Å². The SMILES string of the molecule is CC(CN)C(=O)N1CCC(C)(CCc2ccccc2)C1.Cl. The van der Waals surface area contributed by atoms with E-state index in [2.05, 4.69) is 37.3 Å². The van der Waals surface area contributed by atoms with Gasteiger partial charge in [-0.15, -0.1) is 12.4 Å². The Morgan fingerprint density at radius 3 is 2.67 bits per heavy atom. The topological polar surface area (TPSA) is 46.3 Å². The van der Waals surface area contributed by atoms with Crippen molar-refractivity contribution in [3.63, 3.8) is 0 Å². The van der Waals surface area contributed by atoms with E-state index in [1.165, 1.54) is 5.56 Å². The number of carbonyl (C=O) groups excluding carboxylic acids is 1. The molecule has 3 nitrogen and oxygen atoms in total. The number of halogens is 1. The van der Waals surface area contributed by atoms with Crippen molar-refractivity contribution in [1.29, 1.82) is 0 Å². The lowest BCUT2D eigenvalue weighted by molar-refractivity contribution is -0.134. The molecule has 1 heterocycles. The predicted molar refractivity (Wildman–Crippen MR) is 89.5 cm³/mol. The summed E-state index contributed by atoms with van der Waals surface area (Å²) in [5.74, 6) is 0.169. The van der Waals surface area contributed by atoms with Gasteiger partial charge in [-0.05, 0) is 30.2 Å². The molecule has 2 unspecified atom stereocenters. The van der Waals surface area contributed by atoms with Crippen LogP contribution in [0.2, 0.25) is 0 Å². The Morgan fingerprint density at radius 2 is 2.05 bits per heavy atom. The molecule has 0 bridgehead atoms. The van der Waals surface area contributed by atoms with E-state index in [9.17, 15) is 4.79 Å². The van der Waals surface area contributed by atoms with Crippen LogP contribution in [-0.2, 0) is 11.2 Å². The highest BCUT2D eigenvalue weighted by atomic mass is 35.5. The maximum absolute atomic E-state index is 12.2. The molecule has 0 spiro atoms. The third kappa shape index (κ3) is 4.72. The molecule has 1 aliphatic rings. The number of likely N-dealkylation sites (tertiary alicyclic amines) is 1. The first-order valence-electron chi connectivity index (χ1n) is 7.57. The van der Waals surface area contributed by atoms with Gasteiger partial charge in [-0.3, -0.25) is 4.79 Å². The standard InChI is InChI=1S/C17H26N2O.ClH/c1-14(12-18)16(20)19-11-10-17(2,13-19)9-8-15-6-4-3-5-7-15;/h3-7,14H,8-13,18H2,1-2H3;1H. The van der Waals surface area contributed by atoms with Crippen molar-refractivity contribution in [1.82, 2.24) is 4.90 Å². The van der Waals surface area contributed by atoms with Crippen molar-refractivity contribution < 1.29 is 4.79 Å². The van der Waals surface area contributed by atoms with Crippen molar-refractivity contribution in [2.45, 2.75) is 33.1 Å². The van der Waals surface area contributed by atoms with Gasteiger partial charge < -0.3 is 10.6 Å². The average molecular weight is 311 g/mol. The highest BCUT2D eigenvalue weighted by Gasteiger charge is 2.36. The molecule has 0 saturated carbocycles. The zero-order valence-electron chi connectivity index (χ0n) is 13.0. The molecule has 1 saturated heterocycles. The lowest BCUT2D eigenvalue weighted by atomic mass is 9.83. The smallest absolute Gasteiger partial charge is 0.226 e. The average Bonchev–Trinajstić information content (AvgIpc) is 2.87. The van der Waals surface area contributed by atoms with Crippen molar-refractivity contribution in [2.75, 3.05) is 19.6 Å². The van der Waals surface area contributed by atoms with Gasteiger partial charge in [0.05, 0.1) is 0 Å². The largest absolute Gasteiger partial charge is 0.342 e. The molecular formula is C17H27ClN2O. The molecule has 2 N–H and O–H groups in total. The summed E-state index contributed by atoms with van der Waals surface area (Å²) in [6, 6.07) is 10.6. The Balaban J connectivity index is 0.00000220. The Morgan fingerprint density at radius 1 is 1.38 bits per heavy atom. The van der Waals surface area contributed by atoms with Crippen LogP contribution in [0.3, 0.4) is 0 Å². The molecule has 2 rings (SSSR count). The fourth-order valence-corrected chi connectivity index (χ4v) is 2.92. The molecule has 1 amide bonds. The van der Waals surface area contributed by atoms with E-state index in [4.69, 9.17) is 5.73 Å². The summed E-state index contributed by atoms with van der Waals surface area (Å²) in [5.41, 5.74) is 7.23. The minimum absolute atomic E-state index is 0. The summed E-state index contributed by atoms with van der Waals surface area (Å²) in [7, 11) is 0. The summed E-state index contributed by atoms with van der Waals surface area (Å²) in [6.45, 7) is 6.42. The lowest BCUT2D eigenvalue weighted by Gasteiger charge is -2.26. The van der Waals surface area contributed by atoms with E-state index in [0.29, 0.717) is 6.54 Å². The third-order valence-electron chi connectivity index (χ3n) is 4.50. The lowest BCUT2D eigenvalue weighted by Crippen LogP contribution is -2.37. The molecule has 1 aromatic carbocycles. The Kier molecular flexibility index (Phi) is 6.69. The van der Waals surface area contributed by atoms with Crippen molar-refractivity contribution in [2.24, 2.45) is 17.1 Å². The number of nitrogens with zero attached hydrogens (tertiary/aromatic N) is 1. The van der Waals surface area contributed by atoms with Gasteiger partial charge in [0.2, 0.25) is 5.91 Å². The maximum Gasteiger partial charge on any atom is 0.226 e. The van der Waals surface area contributed by atoms with Gasteiger partial charge >= 0.3 is 0 Å². The fourth-order valence-electron chi connectivity index (χ4n) is 2.92. The van der Waals surface area contributed by atoms with Crippen molar-refractivity contribution in [3.05, 3.63) is 35.9 Å². The normalized spacial score (nSPS) is 22.7. The van der Waals surface area contributed by atoms with Crippen LogP contribution in [0.4, 0.5) is 0 Å². The highest BCUT2D eigenvalue weighted by molar-refractivity contribution is 5.85. The number of nitrogens with two attached hydrogens (primary N) is 1. The first-order chi connectivity index (χ1) is 9.54. The highest BCUT2D eigenvalue weighted by Crippen LogP contribution is 2.35. The van der Waals surface area contributed by atoms with Crippen LogP contribution in [0.15, 0.2) is 30.3 Å². The quantitative estimate of drug-likeness (QED) is 0.909. The van der Waals surface area contributed by atoms with Crippen LogP contribution in [0.25, 0.3) is 0 Å². The van der Waals surface area contributed by atoms with E-state index in [0.717, 1.165) is 32.4 Å². The molecule has 0 aromatic heterocycles. The summed E-state index contributed by atoms with van der Waals surface area (Å²) in [5, 5.41) is 0. The number of carbonyl (C=O) groups is 1. The molecule has 1 fully saturated rings. The number of amides is 1. The second-order valence-corrected chi connectivity index (χ2v) is 6.44. The second-order valence-electron chi connectivity index (χ2n) is 6.44. The van der Waals surface area contributed by atoms with Crippen LogP contribution in [0, 0.1) is 11.3 Å². The first-order valence-corrected chi connectivity index (χ1v) is 7.57. The number of benzene rings is 1. The summed E-state index contributed by atoms with van der Waals surface area (Å²) >= 11 is 0. The van der Waals surface area contributed by atoms with Crippen LogP contribution >= 0.6 is 12.4 Å². The fraction of sp³-hybridized carbons (Fsp3) is 0.588. The third-order valence-corrected chi connectivity index (χ3v) is 4.50. The van der Waals surface area contributed by atoms with Crippen molar-refractivity contribution >= 4 is 18.3 Å². The zero-order valence-corrected chi connectivity index (χ0v) is 13.9. The van der Waals surface area contributed by atoms with Crippen LogP contribution in [0.1, 0.15) is 32.3 Å². The van der Waals surface area contributed by atoms with Crippen LogP contribution < -0.4 is 5.73 Å². The molecular weight excluding hydrogens is 284 g/mol. The van der Waals surface area contributed by atoms with Gasteiger partial charge in [-0.1, -0.05) is 44.2 Å². The van der Waals surface area contributed by atoms with E-state index in [1.54, 1.807) is 0 Å². The Bertz CT molecular complexity index is 451. The Hall–Kier alpha value is -1.06. The summed E-state index contributed by atoms with van der Waals surface area (Å²) in [6.07, 6.45) is 3.33. The minimum atomic E-state index is -0.0496. The zero-order chi connectivity index (χ0) is 14.6. The van der Waals surface area contributed by atoms with Gasteiger partial charge in [-0.2, -0.15) is 0 Å². The van der Waals surface area contributed by atoms with Crippen molar-refractivity contribution in [3.8, 4) is 0 Å². The summed E-state index contributed by atoms with van der Waals surface area (Å²) < 4.78 is 0. The van der Waals surface area contributed by atoms with E-state index >= 15 is 0 Å². The molecule has 2 atom stereocenters. The minimum Gasteiger partial charge on any atom is -0.342 e. The van der Waals surface area contributed by atoms with Gasteiger partial charge in [0.15, 0.2) is 0 Å². The van der Waals surface area contributed by atoms with Gasteiger partial charge in [0, 0.05) is 25.6 Å². The van der Waals surface area contributed by atoms with E-state index < -0.39 is 0 Å². The Labute approximate surface area is 134 Å². The number of hydrogen-bond donors (Lipinski definition) is 1. The molecule has 0 radical (unpaired) electrons. The molecule has 4 heteroatoms. The first kappa shape index (κ1) is 18.0. The monoisotopic (exact) mass is 310 g/mol. The van der Waals surface area contributed by atoms with Gasteiger partial charge in [-0.25, -0.2) is 0 Å². The molecule has 0 aliphatic carbocycles. The maximum atomic E-state index is 12.2. The van der Waals surface area contributed by atoms with E-state index in [-0.39, 0.29) is 29.6 Å². The summed E-state index contributed by atoms with van der Waals surface area (Å²) in [4.78, 5) is 14.2. The number of aryl methyl sites for hydroxylation is 1. The number of rotatable bonds is 5. The van der Waals surface area contributed by atoms with Crippen LogP contribution in [0.5, 0.6) is 0 Å². The second kappa shape index (κ2) is 7.81.